The van der Waals surface area contributed by atoms with Crippen LogP contribution in [0.3, 0.4) is 0 Å². The third kappa shape index (κ3) is 64.5. The van der Waals surface area contributed by atoms with Crippen molar-refractivity contribution in [2.24, 2.45) is 11.8 Å². The van der Waals surface area contributed by atoms with Gasteiger partial charge in [0.05, 0.1) is 108 Å². The van der Waals surface area contributed by atoms with Crippen molar-refractivity contribution >= 4 is 82.5 Å². The van der Waals surface area contributed by atoms with Gasteiger partial charge in [-0.05, 0) is 139 Å². The molecule has 11 N–H and O–H groups in total. The Morgan fingerprint density at radius 1 is 0.306 bits per heavy atom. The van der Waals surface area contributed by atoms with Crippen LogP contribution in [0.15, 0.2) is 48.5 Å². The van der Waals surface area contributed by atoms with Gasteiger partial charge in [-0.15, -0.1) is 0 Å². The number of aromatic carboxylic acids is 2. The Hall–Kier alpha value is -8.94. The molecule has 0 aromatic heterocycles. The third-order valence-corrected chi connectivity index (χ3v) is 18.6. The van der Waals surface area contributed by atoms with E-state index < -0.39 is 47.7 Å². The van der Waals surface area contributed by atoms with Gasteiger partial charge in [-0.2, -0.15) is 0 Å². The van der Waals surface area contributed by atoms with Crippen molar-refractivity contribution in [2.75, 3.05) is 152 Å². The number of unbranched alkanes of at least 4 members (excludes halogenated alkanes) is 11. The number of hydrogen-bond donors (Lipinski definition) is 11. The average molecular weight is 1720 g/mol. The number of aliphatic carboxylic acids is 3. The van der Waals surface area contributed by atoms with Crippen LogP contribution in [0.2, 0.25) is 0 Å². The van der Waals surface area contributed by atoms with Gasteiger partial charge in [0.1, 0.15) is 61.3 Å². The summed E-state index contributed by atoms with van der Waals surface area (Å²) >= 11 is 0. The first-order valence-electron chi connectivity index (χ1n) is 42.7. The van der Waals surface area contributed by atoms with Crippen LogP contribution in [0.25, 0.3) is 0 Å². The van der Waals surface area contributed by atoms with Crippen molar-refractivity contribution in [2.45, 2.75) is 225 Å². The molecule has 686 valence electrons. The molecule has 2 rings (SSSR count). The van der Waals surface area contributed by atoms with E-state index in [-0.39, 0.29) is 220 Å². The maximum absolute atomic E-state index is 12.4. The zero-order valence-corrected chi connectivity index (χ0v) is 71.4. The Labute approximate surface area is 711 Å². The molecule has 2 aromatic carbocycles. The second-order valence-electron chi connectivity index (χ2n) is 28.9. The Balaban J connectivity index is 0.00000126. The van der Waals surface area contributed by atoms with Gasteiger partial charge in [0.25, 0.3) is 0 Å². The van der Waals surface area contributed by atoms with Gasteiger partial charge in [0.15, 0.2) is 5.78 Å². The molecule has 0 saturated heterocycles. The standard InChI is InChI=1S/C49H80N4O16.C37H58N2O13/c1-3-14-41(50-2)43(55)25-20-37(47(59)60)15-10-11-26-51-45(57)35-68-34-32-66-30-27-52-46(58)36-67-33-31-65-28-13-16-39(54)21-24-42(49(63)64)53-44(56)17-9-7-5-4-6-8-12-29-69-40-22-18-38(19-23-40)48(61)62;1-2-17-38-35(43)28-51-25-22-48-19-8-10-32(41)27-50-24-23-49-21-18-39-34(42)16-13-30(37(46)47)26-31(40)9-6-4-3-5-7-20-52-33-14-11-29(12-15-33)36(44)45/h18-19,22-23,37,41-42,50H,3-17,20-21,24-36H2,1-2H3,(H,51,57)(H,52,58)(H,53,56)(H,59,60)(H,61,62)(H,63,64);11-12,14-15,30H,2-10,13,16-28H2,1H3,(H,38,43)(H,39,42)(H,44,45)(H,46,47)/t37-,41+,42+;30-/m11/s1. The zero-order chi connectivity index (χ0) is 89.1. The van der Waals surface area contributed by atoms with Crippen LogP contribution < -0.4 is 41.4 Å². The molecule has 35 heteroatoms. The van der Waals surface area contributed by atoms with Gasteiger partial charge in [0.2, 0.25) is 29.5 Å². The van der Waals surface area contributed by atoms with Gasteiger partial charge >= 0.3 is 29.8 Å². The zero-order valence-electron chi connectivity index (χ0n) is 71.4. The minimum absolute atomic E-state index is 0.00111. The Morgan fingerprint density at radius 2 is 0.727 bits per heavy atom. The first kappa shape index (κ1) is 110. The average Bonchev–Trinajstić information content (AvgIpc) is 0.908. The Morgan fingerprint density at radius 3 is 1.20 bits per heavy atom. The fourth-order valence-electron chi connectivity index (χ4n) is 11.7. The molecule has 5 amide bonds. The number of ketones is 4. The summed E-state index contributed by atoms with van der Waals surface area (Å²) in [5.41, 5.74) is 0.415. The van der Waals surface area contributed by atoms with Crippen molar-refractivity contribution in [3.63, 3.8) is 0 Å². The lowest BCUT2D eigenvalue weighted by molar-refractivity contribution is -0.144. The van der Waals surface area contributed by atoms with Gasteiger partial charge < -0.3 is 105 Å². The number of Topliss-reactive ketones (excluding diaryl/α,β-unsaturated/α-hetero) is 4. The number of likely N-dealkylation sites (N-methyl/N-ethyl adjacent to an activating group) is 1. The van der Waals surface area contributed by atoms with Gasteiger partial charge in [0, 0.05) is 90.8 Å². The molecule has 35 nitrogen and oxygen atoms in total. The van der Waals surface area contributed by atoms with Crippen molar-refractivity contribution in [3.8, 4) is 11.5 Å². The van der Waals surface area contributed by atoms with Crippen LogP contribution in [0.1, 0.15) is 234 Å². The van der Waals surface area contributed by atoms with Gasteiger partial charge in [-0.25, -0.2) is 14.4 Å². The summed E-state index contributed by atoms with van der Waals surface area (Å²) in [6, 6.07) is 11.1. The Bertz CT molecular complexity index is 3220. The van der Waals surface area contributed by atoms with Crippen molar-refractivity contribution in [3.05, 3.63) is 59.7 Å². The van der Waals surface area contributed by atoms with Crippen molar-refractivity contribution in [1.29, 1.82) is 0 Å². The maximum atomic E-state index is 12.4. The van der Waals surface area contributed by atoms with Crippen LogP contribution in [0.5, 0.6) is 11.5 Å². The van der Waals surface area contributed by atoms with E-state index in [1.54, 1.807) is 31.3 Å². The second kappa shape index (κ2) is 74.9. The summed E-state index contributed by atoms with van der Waals surface area (Å²) in [6.45, 7) is 9.18. The van der Waals surface area contributed by atoms with E-state index in [4.69, 9.17) is 57.6 Å². The van der Waals surface area contributed by atoms with E-state index in [1.165, 1.54) is 24.3 Å². The maximum Gasteiger partial charge on any atom is 0.335 e. The van der Waals surface area contributed by atoms with Gasteiger partial charge in [-0.1, -0.05) is 78.1 Å². The molecule has 0 saturated carbocycles. The summed E-state index contributed by atoms with van der Waals surface area (Å²) in [7, 11) is 1.73. The number of carboxylic acids is 5. The summed E-state index contributed by atoms with van der Waals surface area (Å²) in [4.78, 5) is 166. The minimum Gasteiger partial charge on any atom is -0.494 e. The quantitative estimate of drug-likeness (QED) is 0.0279. The highest BCUT2D eigenvalue weighted by molar-refractivity contribution is 5.89. The molecule has 0 aliphatic heterocycles. The van der Waals surface area contributed by atoms with E-state index in [0.29, 0.717) is 122 Å². The number of rotatable bonds is 82. The van der Waals surface area contributed by atoms with Crippen molar-refractivity contribution in [1.82, 2.24) is 31.9 Å². The first-order valence-corrected chi connectivity index (χ1v) is 42.7. The molecular weight excluding hydrogens is 1580 g/mol. The first-order chi connectivity index (χ1) is 58.4. The van der Waals surface area contributed by atoms with Crippen LogP contribution in [-0.4, -0.2) is 272 Å². The fourth-order valence-corrected chi connectivity index (χ4v) is 11.7. The van der Waals surface area contributed by atoms with Crippen LogP contribution in [0, 0.1) is 11.8 Å². The molecule has 0 aliphatic carbocycles. The third-order valence-electron chi connectivity index (χ3n) is 18.6. The number of ether oxygens (including phenoxy) is 10. The number of benzene rings is 2. The molecule has 0 aliphatic rings. The molecule has 0 spiro atoms. The lowest BCUT2D eigenvalue weighted by atomic mass is 9.93. The van der Waals surface area contributed by atoms with Gasteiger partial charge in [-0.3, -0.25) is 52.7 Å². The number of amides is 5. The molecule has 121 heavy (non-hydrogen) atoms. The van der Waals surface area contributed by atoms with E-state index in [9.17, 15) is 82.4 Å². The van der Waals surface area contributed by atoms with Crippen LogP contribution in [-0.2, 0) is 95.4 Å². The summed E-state index contributed by atoms with van der Waals surface area (Å²) in [6.07, 6.45) is 17.1. The number of carbonyl (C=O) groups is 14. The minimum atomic E-state index is -1.19. The fraction of sp³-hybridized carbons (Fsp3) is 0.698. The molecule has 0 radical (unpaired) electrons. The molecule has 2 aromatic rings. The lowest BCUT2D eigenvalue weighted by Gasteiger charge is -2.16. The van der Waals surface area contributed by atoms with Crippen LogP contribution >= 0.6 is 0 Å². The predicted octanol–water partition coefficient (Wildman–Crippen LogP) is 8.09. The van der Waals surface area contributed by atoms with Crippen LogP contribution in [0.4, 0.5) is 0 Å². The molecule has 0 unspecified atom stereocenters. The van der Waals surface area contributed by atoms with E-state index in [1.807, 2.05) is 13.8 Å². The molecule has 0 heterocycles. The highest BCUT2D eigenvalue weighted by atomic mass is 16.5. The van der Waals surface area contributed by atoms with E-state index in [0.717, 1.165) is 83.5 Å². The number of carbonyl (C=O) groups excluding carboxylic acids is 9. The SMILES string of the molecule is CCCNC(=O)COCCOCCCC(=O)COCCOCCNC(=O)CC[C@H](CC(=O)CCCCCCCOc1ccc(C(=O)O)cc1)C(=O)O.CCC[C@H](NC)C(=O)CC[C@@H](CCCCNC(=O)COCCOCCNC(=O)COCCOCCCC(=O)CC[C@H](NC(=O)CCCCCCCCCOc1ccc(C(=O)O)cc1)C(=O)O)C(=O)O. The highest BCUT2D eigenvalue weighted by Crippen LogP contribution is 2.20. The second-order valence-corrected chi connectivity index (χ2v) is 28.9. The highest BCUT2D eigenvalue weighted by Gasteiger charge is 2.25. The van der Waals surface area contributed by atoms with Crippen molar-refractivity contribution < 1.29 is 140 Å². The molecule has 0 fully saturated rings. The molecular formula is C86H138N6O29. The molecule has 4 atom stereocenters. The predicted molar refractivity (Wildman–Crippen MR) is 446 cm³/mol. The van der Waals surface area contributed by atoms with E-state index >= 15 is 0 Å². The molecule has 0 bridgehead atoms. The summed E-state index contributed by atoms with van der Waals surface area (Å²) < 4.78 is 54.0. The number of carboxylic acid groups (broad SMARTS) is 5. The smallest absolute Gasteiger partial charge is 0.335 e. The monoisotopic (exact) mass is 1720 g/mol. The number of nitrogens with one attached hydrogen (secondary N) is 6. The topological polar surface area (TPSA) is 505 Å². The normalized spacial score (nSPS) is 12.0. The summed E-state index contributed by atoms with van der Waals surface area (Å²) in [5, 5.41) is 62.8. The Kier molecular flexibility index (Phi) is 68.1. The lowest BCUT2D eigenvalue weighted by Crippen LogP contribution is -2.41. The summed E-state index contributed by atoms with van der Waals surface area (Å²) in [5.74, 6) is -7.18. The number of hydrogen-bond acceptors (Lipinski definition) is 25. The largest absolute Gasteiger partial charge is 0.494 e. The van der Waals surface area contributed by atoms with E-state index in [2.05, 4.69) is 31.9 Å².